The van der Waals surface area contributed by atoms with Crippen molar-refractivity contribution in [3.05, 3.63) is 6.20 Å². The topological polar surface area (TPSA) is 105 Å². The fraction of sp³-hybridized carbons (Fsp3) is 0.583. The number of thiazole rings is 1. The highest BCUT2D eigenvalue weighted by molar-refractivity contribution is 7.92. The standard InChI is InChI=1S/C12H15N3O4S2/c1-7(16)14-11-13-6-9(20-11)21(18,19)15-10(17)8-5-12(8)3-2-4-12/h6,8H,2-5H2,1H3,(H,15,17)(H,13,14,16). The highest BCUT2D eigenvalue weighted by atomic mass is 32.2. The third kappa shape index (κ3) is 2.67. The van der Waals surface area contributed by atoms with Gasteiger partial charge in [0.05, 0.1) is 6.20 Å². The van der Waals surface area contributed by atoms with E-state index in [2.05, 4.69) is 15.0 Å². The van der Waals surface area contributed by atoms with E-state index >= 15 is 0 Å². The van der Waals surface area contributed by atoms with E-state index in [4.69, 9.17) is 0 Å². The molecule has 0 saturated heterocycles. The number of nitrogens with zero attached hydrogens (tertiary/aromatic N) is 1. The van der Waals surface area contributed by atoms with E-state index < -0.39 is 15.9 Å². The fourth-order valence-electron chi connectivity index (χ4n) is 2.75. The first-order valence-electron chi connectivity index (χ1n) is 6.62. The van der Waals surface area contributed by atoms with Crippen LogP contribution in [0.25, 0.3) is 0 Å². The lowest BCUT2D eigenvalue weighted by atomic mass is 9.80. The molecule has 0 radical (unpaired) electrons. The maximum atomic E-state index is 12.1. The zero-order valence-corrected chi connectivity index (χ0v) is 13.0. The van der Waals surface area contributed by atoms with Crippen LogP contribution in [0, 0.1) is 11.3 Å². The highest BCUT2D eigenvalue weighted by Crippen LogP contribution is 2.65. The van der Waals surface area contributed by atoms with Gasteiger partial charge in [-0.05, 0) is 24.7 Å². The number of amides is 2. The van der Waals surface area contributed by atoms with Gasteiger partial charge in [0.2, 0.25) is 11.8 Å². The van der Waals surface area contributed by atoms with Gasteiger partial charge in [0.15, 0.2) is 9.34 Å². The van der Waals surface area contributed by atoms with Crippen LogP contribution in [0.15, 0.2) is 10.4 Å². The van der Waals surface area contributed by atoms with E-state index in [0.717, 1.165) is 43.2 Å². The second kappa shape index (κ2) is 4.77. The molecule has 2 amide bonds. The molecule has 0 bridgehead atoms. The quantitative estimate of drug-likeness (QED) is 0.860. The number of nitrogens with one attached hydrogen (secondary N) is 2. The van der Waals surface area contributed by atoms with Gasteiger partial charge in [0.25, 0.3) is 10.0 Å². The first kappa shape index (κ1) is 14.5. The average molecular weight is 329 g/mol. The summed E-state index contributed by atoms with van der Waals surface area (Å²) in [5, 5.41) is 2.60. The van der Waals surface area contributed by atoms with Crippen molar-refractivity contribution >= 4 is 38.3 Å². The summed E-state index contributed by atoms with van der Waals surface area (Å²) in [7, 11) is -3.91. The van der Waals surface area contributed by atoms with Gasteiger partial charge >= 0.3 is 0 Å². The molecule has 1 heterocycles. The zero-order valence-electron chi connectivity index (χ0n) is 11.4. The first-order valence-corrected chi connectivity index (χ1v) is 8.92. The van der Waals surface area contributed by atoms with Crippen molar-refractivity contribution in [2.75, 3.05) is 5.32 Å². The highest BCUT2D eigenvalue weighted by Gasteiger charge is 2.61. The van der Waals surface area contributed by atoms with E-state index in [1.54, 1.807) is 0 Å². The maximum absolute atomic E-state index is 12.1. The Morgan fingerprint density at radius 2 is 2.14 bits per heavy atom. The SMILES string of the molecule is CC(=O)Nc1ncc(S(=O)(=O)NC(=O)C2CC23CCC3)s1. The predicted octanol–water partition coefficient (Wildman–Crippen LogP) is 1.10. The Morgan fingerprint density at radius 1 is 1.43 bits per heavy atom. The Bertz CT molecular complexity index is 706. The minimum Gasteiger partial charge on any atom is -0.302 e. The summed E-state index contributed by atoms with van der Waals surface area (Å²) in [6, 6.07) is 0. The largest absolute Gasteiger partial charge is 0.302 e. The van der Waals surface area contributed by atoms with Crippen molar-refractivity contribution in [3.8, 4) is 0 Å². The lowest BCUT2D eigenvalue weighted by Crippen LogP contribution is -2.34. The van der Waals surface area contributed by atoms with Crippen molar-refractivity contribution < 1.29 is 18.0 Å². The number of carbonyl (C=O) groups is 2. The van der Waals surface area contributed by atoms with Crippen LogP contribution in [0.1, 0.15) is 32.6 Å². The van der Waals surface area contributed by atoms with E-state index in [-0.39, 0.29) is 26.6 Å². The van der Waals surface area contributed by atoms with Gasteiger partial charge in [-0.2, -0.15) is 0 Å². The van der Waals surface area contributed by atoms with Gasteiger partial charge in [0.1, 0.15) is 0 Å². The Hall–Kier alpha value is -1.48. The van der Waals surface area contributed by atoms with Gasteiger partial charge in [-0.1, -0.05) is 17.8 Å². The van der Waals surface area contributed by atoms with Gasteiger partial charge in [-0.15, -0.1) is 0 Å². The van der Waals surface area contributed by atoms with Crippen molar-refractivity contribution in [2.45, 2.75) is 36.8 Å². The Balaban J connectivity index is 1.67. The molecule has 9 heteroatoms. The molecule has 3 rings (SSSR count). The number of carbonyl (C=O) groups excluding carboxylic acids is 2. The summed E-state index contributed by atoms with van der Waals surface area (Å²) in [5.74, 6) is -0.935. The molecule has 7 nitrogen and oxygen atoms in total. The number of aromatic nitrogens is 1. The third-order valence-electron chi connectivity index (χ3n) is 4.12. The molecule has 1 unspecified atom stereocenters. The summed E-state index contributed by atoms with van der Waals surface area (Å²) >= 11 is 0.816. The third-order valence-corrected chi connectivity index (χ3v) is 6.84. The number of anilines is 1. The molecular weight excluding hydrogens is 314 g/mol. The zero-order chi connectivity index (χ0) is 15.3. The summed E-state index contributed by atoms with van der Waals surface area (Å²) < 4.78 is 26.3. The second-order valence-corrected chi connectivity index (χ2v) is 8.55. The normalized spacial score (nSPS) is 22.4. The van der Waals surface area contributed by atoms with Crippen LogP contribution in [-0.2, 0) is 19.6 Å². The van der Waals surface area contributed by atoms with Crippen molar-refractivity contribution in [3.63, 3.8) is 0 Å². The van der Waals surface area contributed by atoms with Gasteiger partial charge in [-0.25, -0.2) is 18.1 Å². The van der Waals surface area contributed by atoms with Crippen LogP contribution in [0.3, 0.4) is 0 Å². The molecule has 2 N–H and O–H groups in total. The van der Waals surface area contributed by atoms with Gasteiger partial charge < -0.3 is 5.32 Å². The predicted molar refractivity (Wildman–Crippen MR) is 76.1 cm³/mol. The summed E-state index contributed by atoms with van der Waals surface area (Å²) in [4.78, 5) is 26.7. The van der Waals surface area contributed by atoms with Crippen molar-refractivity contribution in [1.29, 1.82) is 0 Å². The molecule has 1 aromatic rings. The fourth-order valence-corrected chi connectivity index (χ4v) is 4.84. The number of hydrogen-bond donors (Lipinski definition) is 2. The minimum absolute atomic E-state index is 0.0780. The Kier molecular flexibility index (Phi) is 3.28. The summed E-state index contributed by atoms with van der Waals surface area (Å²) in [6.45, 7) is 1.31. The molecule has 114 valence electrons. The van der Waals surface area contributed by atoms with Gasteiger partial charge in [0, 0.05) is 12.8 Å². The van der Waals surface area contributed by atoms with Crippen molar-refractivity contribution in [2.24, 2.45) is 11.3 Å². The molecule has 2 saturated carbocycles. The van der Waals surface area contributed by atoms with Crippen LogP contribution >= 0.6 is 11.3 Å². The Morgan fingerprint density at radius 3 is 2.67 bits per heavy atom. The monoisotopic (exact) mass is 329 g/mol. The number of rotatable bonds is 4. The molecule has 1 aromatic heterocycles. The van der Waals surface area contributed by atoms with E-state index in [0.29, 0.717) is 0 Å². The van der Waals surface area contributed by atoms with Gasteiger partial charge in [-0.3, -0.25) is 9.59 Å². The van der Waals surface area contributed by atoms with E-state index in [1.807, 2.05) is 0 Å². The van der Waals surface area contributed by atoms with Crippen LogP contribution in [0.2, 0.25) is 0 Å². The van der Waals surface area contributed by atoms with Crippen LogP contribution in [0.5, 0.6) is 0 Å². The van der Waals surface area contributed by atoms with E-state index in [9.17, 15) is 18.0 Å². The average Bonchev–Trinajstić information content (AvgIpc) is 2.95. The molecule has 1 spiro atoms. The summed E-state index contributed by atoms with van der Waals surface area (Å²) in [6.07, 6.45) is 5.06. The molecule has 1 atom stereocenters. The molecule has 0 aromatic carbocycles. The lowest BCUT2D eigenvalue weighted by molar-refractivity contribution is -0.121. The summed E-state index contributed by atoms with van der Waals surface area (Å²) in [5.41, 5.74) is 0.0780. The number of hydrogen-bond acceptors (Lipinski definition) is 6. The molecule has 21 heavy (non-hydrogen) atoms. The molecule has 0 aliphatic heterocycles. The first-order chi connectivity index (χ1) is 9.82. The lowest BCUT2D eigenvalue weighted by Gasteiger charge is -2.26. The van der Waals surface area contributed by atoms with E-state index in [1.165, 1.54) is 6.92 Å². The van der Waals surface area contributed by atoms with Crippen LogP contribution in [0.4, 0.5) is 5.13 Å². The Labute approximate surface area is 126 Å². The smallest absolute Gasteiger partial charge is 0.275 e. The van der Waals surface area contributed by atoms with Crippen molar-refractivity contribution in [1.82, 2.24) is 9.71 Å². The molecular formula is C12H15N3O4S2. The molecule has 2 aliphatic carbocycles. The molecule has 2 fully saturated rings. The van der Waals surface area contributed by atoms with Crippen LogP contribution < -0.4 is 10.0 Å². The second-order valence-electron chi connectivity index (χ2n) is 5.61. The minimum atomic E-state index is -3.91. The number of sulfonamides is 1. The van der Waals surface area contributed by atoms with Crippen LogP contribution in [-0.4, -0.2) is 25.2 Å². The maximum Gasteiger partial charge on any atom is 0.275 e. The molecule has 2 aliphatic rings.